The Morgan fingerprint density at radius 3 is 3.06 bits per heavy atom. The van der Waals surface area contributed by atoms with Gasteiger partial charge in [-0.15, -0.1) is 11.3 Å². The second-order valence-corrected chi connectivity index (χ2v) is 6.60. The molecule has 1 aromatic heterocycles. The monoisotopic (exact) mass is 250 g/mol. The summed E-state index contributed by atoms with van der Waals surface area (Å²) in [6.45, 7) is 3.27. The molecule has 4 rings (SSSR count). The van der Waals surface area contributed by atoms with E-state index in [0.717, 1.165) is 29.9 Å². The number of aromatic nitrogens is 1. The molecule has 3 aliphatic rings. The molecule has 0 aromatic carbocycles. The number of fused-ring (bicyclic) bond motifs is 1. The first-order chi connectivity index (χ1) is 8.28. The molecule has 0 radical (unpaired) electrons. The van der Waals surface area contributed by atoms with Crippen LogP contribution in [0.4, 0.5) is 5.13 Å². The highest BCUT2D eigenvalue weighted by Crippen LogP contribution is 2.55. The summed E-state index contributed by atoms with van der Waals surface area (Å²) >= 11 is 1.75. The third-order valence-corrected chi connectivity index (χ3v) is 5.92. The third kappa shape index (κ3) is 1.28. The van der Waals surface area contributed by atoms with Gasteiger partial charge in [0.2, 0.25) is 0 Å². The first kappa shape index (κ1) is 10.3. The molecule has 2 aliphatic carbocycles. The van der Waals surface area contributed by atoms with Gasteiger partial charge in [-0.25, -0.2) is 4.98 Å². The summed E-state index contributed by atoms with van der Waals surface area (Å²) in [6, 6.07) is 0.370. The van der Waals surface area contributed by atoms with Crippen molar-refractivity contribution in [2.45, 2.75) is 38.3 Å². The second-order valence-electron chi connectivity index (χ2n) is 5.76. The molecule has 5 atom stereocenters. The van der Waals surface area contributed by atoms with Crippen molar-refractivity contribution in [3.05, 3.63) is 11.1 Å². The minimum atomic E-state index is -0.104. The van der Waals surface area contributed by atoms with Crippen LogP contribution >= 0.6 is 11.3 Å². The number of nitrogens with zero attached hydrogens (tertiary/aromatic N) is 2. The summed E-state index contributed by atoms with van der Waals surface area (Å²) in [6.07, 6.45) is 3.39. The number of anilines is 1. The maximum Gasteiger partial charge on any atom is 0.185 e. The lowest BCUT2D eigenvalue weighted by Crippen LogP contribution is -2.40. The van der Waals surface area contributed by atoms with Crippen LogP contribution in [0.15, 0.2) is 5.38 Å². The number of hydrogen-bond acceptors (Lipinski definition) is 4. The number of thiazole rings is 1. The molecule has 1 aliphatic heterocycles. The molecule has 1 N–H and O–H groups in total. The van der Waals surface area contributed by atoms with E-state index in [1.54, 1.807) is 11.3 Å². The molecule has 0 spiro atoms. The zero-order valence-corrected chi connectivity index (χ0v) is 10.9. The highest BCUT2D eigenvalue weighted by atomic mass is 32.1. The maximum absolute atomic E-state index is 10.3. The third-order valence-electron chi connectivity index (χ3n) is 5.00. The van der Waals surface area contributed by atoms with E-state index in [-0.39, 0.29) is 6.10 Å². The van der Waals surface area contributed by atoms with Crippen molar-refractivity contribution >= 4 is 16.5 Å². The van der Waals surface area contributed by atoms with Gasteiger partial charge in [0.05, 0.1) is 17.8 Å². The molecule has 0 amide bonds. The van der Waals surface area contributed by atoms with Crippen LogP contribution < -0.4 is 4.90 Å². The predicted octanol–water partition coefficient (Wildman–Crippen LogP) is 1.91. The lowest BCUT2D eigenvalue weighted by atomic mass is 9.88. The lowest BCUT2D eigenvalue weighted by Gasteiger charge is -2.28. The average Bonchev–Trinajstić information content (AvgIpc) is 3.02. The Hall–Kier alpha value is -0.610. The smallest absolute Gasteiger partial charge is 0.185 e. The van der Waals surface area contributed by atoms with Gasteiger partial charge in [-0.1, -0.05) is 6.92 Å². The fourth-order valence-corrected chi connectivity index (χ4v) is 5.19. The molecule has 92 valence electrons. The van der Waals surface area contributed by atoms with Gasteiger partial charge < -0.3 is 10.0 Å². The highest BCUT2D eigenvalue weighted by Gasteiger charge is 2.59. The Labute approximate surface area is 105 Å². The van der Waals surface area contributed by atoms with Crippen LogP contribution in [0.1, 0.15) is 25.5 Å². The average molecular weight is 250 g/mol. The fourth-order valence-electron chi connectivity index (χ4n) is 4.23. The predicted molar refractivity (Wildman–Crippen MR) is 68.3 cm³/mol. The molecule has 4 heteroatoms. The molecule has 2 bridgehead atoms. The fraction of sp³-hybridized carbons (Fsp3) is 0.769. The molecule has 3 fully saturated rings. The van der Waals surface area contributed by atoms with E-state index >= 15 is 0 Å². The van der Waals surface area contributed by atoms with Gasteiger partial charge in [0, 0.05) is 11.9 Å². The molecule has 5 unspecified atom stereocenters. The SMILES string of the molecule is CCc1csc(N2CC3CC4CC3C2C4O)n1. The first-order valence-corrected chi connectivity index (χ1v) is 7.55. The van der Waals surface area contributed by atoms with Crippen LogP contribution in [0.25, 0.3) is 0 Å². The molecular weight excluding hydrogens is 232 g/mol. The molecule has 1 aromatic rings. The quantitative estimate of drug-likeness (QED) is 0.871. The van der Waals surface area contributed by atoms with Crippen molar-refractivity contribution in [3.63, 3.8) is 0 Å². The maximum atomic E-state index is 10.3. The van der Waals surface area contributed by atoms with Gasteiger partial charge >= 0.3 is 0 Å². The standard InChI is InChI=1S/C13H18N2OS/c1-2-9-6-17-13(14-9)15-5-8-3-7-4-10(8)11(15)12(7)16/h6-8,10-12,16H,2-5H2,1H3. The zero-order valence-electron chi connectivity index (χ0n) is 10.0. The van der Waals surface area contributed by atoms with Crippen molar-refractivity contribution in [2.24, 2.45) is 17.8 Å². The molecular formula is C13H18N2OS. The van der Waals surface area contributed by atoms with Crippen LogP contribution in [0.5, 0.6) is 0 Å². The Morgan fingerprint density at radius 1 is 1.47 bits per heavy atom. The lowest BCUT2D eigenvalue weighted by molar-refractivity contribution is 0.0966. The van der Waals surface area contributed by atoms with Gasteiger partial charge in [-0.05, 0) is 37.0 Å². The number of hydrogen-bond donors (Lipinski definition) is 1. The van der Waals surface area contributed by atoms with E-state index in [2.05, 4.69) is 17.2 Å². The number of aliphatic hydroxyl groups excluding tert-OH is 1. The number of aliphatic hydroxyl groups is 1. The van der Waals surface area contributed by atoms with Gasteiger partial charge in [0.25, 0.3) is 0 Å². The van der Waals surface area contributed by atoms with Gasteiger partial charge in [0.15, 0.2) is 5.13 Å². The minimum Gasteiger partial charge on any atom is -0.391 e. The van der Waals surface area contributed by atoms with Crippen LogP contribution in [0.3, 0.4) is 0 Å². The minimum absolute atomic E-state index is 0.104. The molecule has 17 heavy (non-hydrogen) atoms. The topological polar surface area (TPSA) is 36.4 Å². The van der Waals surface area contributed by atoms with E-state index in [4.69, 9.17) is 4.98 Å². The van der Waals surface area contributed by atoms with E-state index < -0.39 is 0 Å². The summed E-state index contributed by atoms with van der Waals surface area (Å²) in [5.41, 5.74) is 1.19. The second kappa shape index (κ2) is 3.45. The van der Waals surface area contributed by atoms with Gasteiger partial charge in [-0.3, -0.25) is 0 Å². The molecule has 1 saturated heterocycles. The van der Waals surface area contributed by atoms with Crippen LogP contribution in [-0.4, -0.2) is 28.8 Å². The molecule has 3 nitrogen and oxygen atoms in total. The molecule has 2 saturated carbocycles. The Balaban J connectivity index is 1.67. The Morgan fingerprint density at radius 2 is 2.35 bits per heavy atom. The summed E-state index contributed by atoms with van der Waals surface area (Å²) in [5.74, 6) is 2.14. The first-order valence-electron chi connectivity index (χ1n) is 6.67. The van der Waals surface area contributed by atoms with Crippen LogP contribution in [-0.2, 0) is 6.42 Å². The van der Waals surface area contributed by atoms with E-state index in [0.29, 0.717) is 12.0 Å². The van der Waals surface area contributed by atoms with Gasteiger partial charge in [0.1, 0.15) is 0 Å². The Kier molecular flexibility index (Phi) is 2.10. The zero-order chi connectivity index (χ0) is 11.6. The van der Waals surface area contributed by atoms with E-state index in [1.165, 1.54) is 18.5 Å². The summed E-state index contributed by atoms with van der Waals surface area (Å²) in [7, 11) is 0. The number of aryl methyl sites for hydroxylation is 1. The largest absolute Gasteiger partial charge is 0.391 e. The van der Waals surface area contributed by atoms with Crippen LogP contribution in [0.2, 0.25) is 0 Å². The van der Waals surface area contributed by atoms with Crippen molar-refractivity contribution in [3.8, 4) is 0 Å². The summed E-state index contributed by atoms with van der Waals surface area (Å²) in [4.78, 5) is 7.09. The van der Waals surface area contributed by atoms with Gasteiger partial charge in [-0.2, -0.15) is 0 Å². The Bertz CT molecular complexity index is 444. The summed E-state index contributed by atoms with van der Waals surface area (Å²) in [5, 5.41) is 13.6. The van der Waals surface area contributed by atoms with Crippen molar-refractivity contribution in [2.75, 3.05) is 11.4 Å². The van der Waals surface area contributed by atoms with Crippen molar-refractivity contribution in [1.29, 1.82) is 0 Å². The van der Waals surface area contributed by atoms with E-state index in [9.17, 15) is 5.11 Å². The van der Waals surface area contributed by atoms with Crippen LogP contribution in [0, 0.1) is 17.8 Å². The van der Waals surface area contributed by atoms with Crippen molar-refractivity contribution < 1.29 is 5.11 Å². The molecule has 2 heterocycles. The summed E-state index contributed by atoms with van der Waals surface area (Å²) < 4.78 is 0. The number of rotatable bonds is 2. The highest BCUT2D eigenvalue weighted by molar-refractivity contribution is 7.13. The van der Waals surface area contributed by atoms with Crippen molar-refractivity contribution in [1.82, 2.24) is 4.98 Å². The normalized spacial score (nSPS) is 42.7. The van der Waals surface area contributed by atoms with E-state index in [1.807, 2.05) is 0 Å².